The fourth-order valence-electron chi connectivity index (χ4n) is 2.50. The molecule has 0 saturated carbocycles. The molecular weight excluding hydrogens is 238 g/mol. The van der Waals surface area contributed by atoms with E-state index in [4.69, 9.17) is 4.74 Å². The SMILES string of the molecule is CC(O)c1ccn(CCc2ccc3c(c2)CCO3)c1. The van der Waals surface area contributed by atoms with Crippen molar-refractivity contribution in [3.8, 4) is 5.75 Å². The number of benzene rings is 1. The molecule has 2 heterocycles. The molecule has 3 heteroatoms. The summed E-state index contributed by atoms with van der Waals surface area (Å²) < 4.78 is 7.64. The van der Waals surface area contributed by atoms with Gasteiger partial charge in [0, 0.05) is 25.4 Å². The molecule has 1 aliphatic rings. The van der Waals surface area contributed by atoms with Crippen molar-refractivity contribution >= 4 is 0 Å². The quantitative estimate of drug-likeness (QED) is 0.914. The summed E-state index contributed by atoms with van der Waals surface area (Å²) in [7, 11) is 0. The third-order valence-corrected chi connectivity index (χ3v) is 3.67. The van der Waals surface area contributed by atoms with Gasteiger partial charge in [0.25, 0.3) is 0 Å². The summed E-state index contributed by atoms with van der Waals surface area (Å²) >= 11 is 0. The molecule has 1 N–H and O–H groups in total. The molecule has 2 aromatic rings. The average molecular weight is 257 g/mol. The van der Waals surface area contributed by atoms with Crippen LogP contribution in [0.4, 0.5) is 0 Å². The Balaban J connectivity index is 1.65. The largest absolute Gasteiger partial charge is 0.493 e. The zero-order valence-corrected chi connectivity index (χ0v) is 11.2. The first-order chi connectivity index (χ1) is 9.22. The van der Waals surface area contributed by atoms with Crippen LogP contribution in [-0.2, 0) is 19.4 Å². The van der Waals surface area contributed by atoms with Crippen molar-refractivity contribution in [2.45, 2.75) is 32.4 Å². The van der Waals surface area contributed by atoms with E-state index in [0.717, 1.165) is 37.3 Å². The number of nitrogens with zero attached hydrogens (tertiary/aromatic N) is 1. The third-order valence-electron chi connectivity index (χ3n) is 3.67. The number of aryl methyl sites for hydroxylation is 2. The van der Waals surface area contributed by atoms with Crippen molar-refractivity contribution < 1.29 is 9.84 Å². The minimum Gasteiger partial charge on any atom is -0.493 e. The molecule has 0 aliphatic carbocycles. The molecule has 0 radical (unpaired) electrons. The van der Waals surface area contributed by atoms with Crippen molar-refractivity contribution in [2.24, 2.45) is 0 Å². The predicted molar refractivity (Wildman–Crippen MR) is 74.4 cm³/mol. The normalized spacial score (nSPS) is 15.1. The number of hydrogen-bond donors (Lipinski definition) is 1. The lowest BCUT2D eigenvalue weighted by Gasteiger charge is -2.06. The molecule has 100 valence electrons. The molecule has 1 atom stereocenters. The van der Waals surface area contributed by atoms with E-state index in [2.05, 4.69) is 22.8 Å². The van der Waals surface area contributed by atoms with Crippen LogP contribution >= 0.6 is 0 Å². The zero-order chi connectivity index (χ0) is 13.2. The number of hydrogen-bond acceptors (Lipinski definition) is 2. The Morgan fingerprint density at radius 3 is 3.05 bits per heavy atom. The van der Waals surface area contributed by atoms with Gasteiger partial charge in [-0.3, -0.25) is 0 Å². The zero-order valence-electron chi connectivity index (χ0n) is 11.2. The lowest BCUT2D eigenvalue weighted by molar-refractivity contribution is 0.199. The Bertz CT molecular complexity index is 572. The summed E-state index contributed by atoms with van der Waals surface area (Å²) in [5.41, 5.74) is 3.65. The van der Waals surface area contributed by atoms with Crippen LogP contribution in [0.5, 0.6) is 5.75 Å². The molecule has 3 nitrogen and oxygen atoms in total. The molecule has 1 aromatic heterocycles. The number of rotatable bonds is 4. The van der Waals surface area contributed by atoms with E-state index in [0.29, 0.717) is 0 Å². The highest BCUT2D eigenvalue weighted by atomic mass is 16.5. The van der Waals surface area contributed by atoms with Crippen molar-refractivity contribution in [3.05, 3.63) is 53.3 Å². The lowest BCUT2D eigenvalue weighted by Crippen LogP contribution is -1.99. The number of aliphatic hydroxyl groups is 1. The van der Waals surface area contributed by atoms with E-state index in [9.17, 15) is 5.11 Å². The van der Waals surface area contributed by atoms with Gasteiger partial charge in [0.2, 0.25) is 0 Å². The van der Waals surface area contributed by atoms with E-state index in [-0.39, 0.29) is 0 Å². The Morgan fingerprint density at radius 1 is 1.37 bits per heavy atom. The average Bonchev–Trinajstić information content (AvgIpc) is 3.04. The number of aromatic nitrogens is 1. The van der Waals surface area contributed by atoms with Crippen molar-refractivity contribution in [2.75, 3.05) is 6.61 Å². The number of aliphatic hydroxyl groups excluding tert-OH is 1. The maximum absolute atomic E-state index is 9.50. The highest BCUT2D eigenvalue weighted by molar-refractivity contribution is 5.39. The molecule has 0 amide bonds. The van der Waals surface area contributed by atoms with E-state index < -0.39 is 6.10 Å². The lowest BCUT2D eigenvalue weighted by atomic mass is 10.1. The Kier molecular flexibility index (Phi) is 3.30. The Morgan fingerprint density at radius 2 is 2.26 bits per heavy atom. The molecule has 1 aromatic carbocycles. The molecular formula is C16H19NO2. The summed E-state index contributed by atoms with van der Waals surface area (Å²) in [6.45, 7) is 3.54. The van der Waals surface area contributed by atoms with Gasteiger partial charge in [0.1, 0.15) is 5.75 Å². The third kappa shape index (κ3) is 2.66. The van der Waals surface area contributed by atoms with Crippen molar-refractivity contribution in [1.82, 2.24) is 4.57 Å². The fourth-order valence-corrected chi connectivity index (χ4v) is 2.50. The van der Waals surface area contributed by atoms with Gasteiger partial charge in [-0.15, -0.1) is 0 Å². The van der Waals surface area contributed by atoms with Gasteiger partial charge in [-0.1, -0.05) is 12.1 Å². The molecule has 0 fully saturated rings. The topological polar surface area (TPSA) is 34.4 Å². The van der Waals surface area contributed by atoms with Crippen LogP contribution in [0, 0.1) is 0 Å². The standard InChI is InChI=1S/C16H19NO2/c1-12(18)15-5-8-17(11-15)7-4-13-2-3-16-14(10-13)6-9-19-16/h2-3,5,8,10-12,18H,4,6-7,9H2,1H3. The van der Waals surface area contributed by atoms with E-state index in [1.54, 1.807) is 6.92 Å². The van der Waals surface area contributed by atoms with Crippen LogP contribution in [0.15, 0.2) is 36.7 Å². The van der Waals surface area contributed by atoms with Crippen LogP contribution in [0.3, 0.4) is 0 Å². The Hall–Kier alpha value is -1.74. The van der Waals surface area contributed by atoms with Crippen molar-refractivity contribution in [3.63, 3.8) is 0 Å². The van der Waals surface area contributed by atoms with Crippen LogP contribution in [0.25, 0.3) is 0 Å². The first-order valence-electron chi connectivity index (χ1n) is 6.81. The summed E-state index contributed by atoms with van der Waals surface area (Å²) in [4.78, 5) is 0. The maximum atomic E-state index is 9.50. The fraction of sp³-hybridized carbons (Fsp3) is 0.375. The number of ether oxygens (including phenoxy) is 1. The van der Waals surface area contributed by atoms with Gasteiger partial charge < -0.3 is 14.4 Å². The van der Waals surface area contributed by atoms with Crippen molar-refractivity contribution in [1.29, 1.82) is 0 Å². The monoisotopic (exact) mass is 257 g/mol. The molecule has 1 aliphatic heterocycles. The molecule has 3 rings (SSSR count). The minimum atomic E-state index is -0.390. The van der Waals surface area contributed by atoms with Crippen LogP contribution in [-0.4, -0.2) is 16.3 Å². The van der Waals surface area contributed by atoms with Crippen LogP contribution < -0.4 is 4.74 Å². The first kappa shape index (κ1) is 12.3. The number of fused-ring (bicyclic) bond motifs is 1. The molecule has 0 spiro atoms. The molecule has 1 unspecified atom stereocenters. The second-order valence-corrected chi connectivity index (χ2v) is 5.15. The maximum Gasteiger partial charge on any atom is 0.122 e. The van der Waals surface area contributed by atoms with Gasteiger partial charge in [-0.2, -0.15) is 0 Å². The van der Waals surface area contributed by atoms with Gasteiger partial charge in [0.05, 0.1) is 12.7 Å². The second-order valence-electron chi connectivity index (χ2n) is 5.15. The first-order valence-corrected chi connectivity index (χ1v) is 6.81. The van der Waals surface area contributed by atoms with E-state index in [1.807, 2.05) is 18.5 Å². The smallest absolute Gasteiger partial charge is 0.122 e. The predicted octanol–water partition coefficient (Wildman–Crippen LogP) is 2.72. The van der Waals surface area contributed by atoms with E-state index in [1.165, 1.54) is 11.1 Å². The summed E-state index contributed by atoms with van der Waals surface area (Å²) in [6.07, 6.45) is 5.68. The minimum absolute atomic E-state index is 0.390. The molecule has 0 saturated heterocycles. The van der Waals surface area contributed by atoms with Crippen LogP contribution in [0.1, 0.15) is 29.7 Å². The van der Waals surface area contributed by atoms with Gasteiger partial charge in [-0.25, -0.2) is 0 Å². The van der Waals surface area contributed by atoms with Gasteiger partial charge in [0.15, 0.2) is 0 Å². The molecule has 19 heavy (non-hydrogen) atoms. The second kappa shape index (κ2) is 5.10. The summed E-state index contributed by atoms with van der Waals surface area (Å²) in [5, 5.41) is 9.50. The summed E-state index contributed by atoms with van der Waals surface area (Å²) in [5.74, 6) is 1.04. The highest BCUT2D eigenvalue weighted by Crippen LogP contribution is 2.26. The molecule has 0 bridgehead atoms. The summed E-state index contributed by atoms with van der Waals surface area (Å²) in [6, 6.07) is 8.44. The van der Waals surface area contributed by atoms with Gasteiger partial charge in [-0.05, 0) is 42.2 Å². The van der Waals surface area contributed by atoms with E-state index >= 15 is 0 Å². The Labute approximate surface area is 113 Å². The highest BCUT2D eigenvalue weighted by Gasteiger charge is 2.11. The van der Waals surface area contributed by atoms with Crippen LogP contribution in [0.2, 0.25) is 0 Å². The van der Waals surface area contributed by atoms with Gasteiger partial charge >= 0.3 is 0 Å².